The van der Waals surface area contributed by atoms with Gasteiger partial charge in [-0.25, -0.2) is 4.79 Å². The first-order valence-electron chi connectivity index (χ1n) is 3.81. The summed E-state index contributed by atoms with van der Waals surface area (Å²) in [7, 11) is 0. The van der Waals surface area contributed by atoms with Crippen LogP contribution in [-0.2, 0) is 0 Å². The van der Waals surface area contributed by atoms with Crippen molar-refractivity contribution in [2.24, 2.45) is 0 Å². The highest BCUT2D eigenvalue weighted by molar-refractivity contribution is 9.10. The number of thiophene rings is 1. The lowest BCUT2D eigenvalue weighted by Gasteiger charge is -1.93. The van der Waals surface area contributed by atoms with E-state index in [0.717, 1.165) is 10.1 Å². The molecule has 1 aromatic carbocycles. The van der Waals surface area contributed by atoms with Gasteiger partial charge in [0.05, 0.1) is 9.17 Å². The van der Waals surface area contributed by atoms with Crippen molar-refractivity contribution < 1.29 is 9.90 Å². The Labute approximate surface area is 92.3 Å². The van der Waals surface area contributed by atoms with Crippen LogP contribution >= 0.6 is 27.3 Å². The van der Waals surface area contributed by atoms with Crippen LogP contribution in [0.3, 0.4) is 0 Å². The molecule has 14 heavy (non-hydrogen) atoms. The fourth-order valence-corrected chi connectivity index (χ4v) is 3.08. The average Bonchev–Trinajstić information content (AvgIpc) is 2.46. The molecule has 0 spiro atoms. The zero-order valence-electron chi connectivity index (χ0n) is 6.95. The molecular weight excluding hydrogens is 266 g/mol. The first-order valence-corrected chi connectivity index (χ1v) is 5.42. The van der Waals surface area contributed by atoms with Crippen molar-refractivity contribution in [2.45, 2.75) is 0 Å². The van der Waals surface area contributed by atoms with E-state index in [1.165, 1.54) is 11.3 Å². The minimum atomic E-state index is -0.933. The van der Waals surface area contributed by atoms with Gasteiger partial charge in [-0.2, -0.15) is 0 Å². The monoisotopic (exact) mass is 271 g/mol. The summed E-state index contributed by atoms with van der Waals surface area (Å²) in [6, 6.07) is 5.41. The second-order valence-electron chi connectivity index (χ2n) is 2.77. The van der Waals surface area contributed by atoms with Crippen LogP contribution in [-0.4, -0.2) is 11.1 Å². The van der Waals surface area contributed by atoms with Crippen molar-refractivity contribution in [3.63, 3.8) is 0 Å². The van der Waals surface area contributed by atoms with Crippen molar-refractivity contribution in [1.29, 1.82) is 0 Å². The summed E-state index contributed by atoms with van der Waals surface area (Å²) in [5, 5.41) is 9.75. The number of hydrogen-bond donors (Lipinski definition) is 2. The van der Waals surface area contributed by atoms with Gasteiger partial charge >= 0.3 is 5.97 Å². The Balaban J connectivity index is 2.86. The SMILES string of the molecule is Nc1cccc2c(Br)c(C(=O)O)sc12. The minimum Gasteiger partial charge on any atom is -0.477 e. The summed E-state index contributed by atoms with van der Waals surface area (Å²) >= 11 is 4.45. The highest BCUT2D eigenvalue weighted by Gasteiger charge is 2.16. The molecule has 0 atom stereocenters. The van der Waals surface area contributed by atoms with Gasteiger partial charge in [0.1, 0.15) is 4.88 Å². The predicted molar refractivity (Wildman–Crippen MR) is 60.9 cm³/mol. The maximum atomic E-state index is 10.8. The first-order chi connectivity index (χ1) is 6.61. The predicted octanol–water partition coefficient (Wildman–Crippen LogP) is 2.94. The van der Waals surface area contributed by atoms with Crippen LogP contribution in [0, 0.1) is 0 Å². The second-order valence-corrected chi connectivity index (χ2v) is 4.59. The van der Waals surface area contributed by atoms with E-state index in [0.29, 0.717) is 10.2 Å². The molecule has 0 saturated carbocycles. The first kappa shape index (κ1) is 9.48. The zero-order valence-corrected chi connectivity index (χ0v) is 9.35. The van der Waals surface area contributed by atoms with Crippen LogP contribution in [0.15, 0.2) is 22.7 Å². The van der Waals surface area contributed by atoms with Gasteiger partial charge in [-0.15, -0.1) is 11.3 Å². The van der Waals surface area contributed by atoms with Crippen molar-refractivity contribution in [2.75, 3.05) is 5.73 Å². The minimum absolute atomic E-state index is 0.290. The Bertz CT molecular complexity index is 521. The van der Waals surface area contributed by atoms with E-state index < -0.39 is 5.97 Å². The second kappa shape index (κ2) is 3.25. The molecular formula is C9H6BrNO2S. The topological polar surface area (TPSA) is 63.3 Å². The van der Waals surface area contributed by atoms with Gasteiger partial charge in [-0.1, -0.05) is 12.1 Å². The normalized spacial score (nSPS) is 10.6. The quantitative estimate of drug-likeness (QED) is 0.784. The summed E-state index contributed by atoms with van der Waals surface area (Å²) in [6.07, 6.45) is 0. The van der Waals surface area contributed by atoms with E-state index in [9.17, 15) is 4.79 Å². The molecule has 3 N–H and O–H groups in total. The van der Waals surface area contributed by atoms with Gasteiger partial charge in [0.15, 0.2) is 0 Å². The number of aromatic carboxylic acids is 1. The van der Waals surface area contributed by atoms with Crippen molar-refractivity contribution in [3.8, 4) is 0 Å². The Morgan fingerprint density at radius 1 is 1.50 bits per heavy atom. The number of carboxylic acid groups (broad SMARTS) is 1. The average molecular weight is 272 g/mol. The molecule has 0 unspecified atom stereocenters. The van der Waals surface area contributed by atoms with Gasteiger partial charge in [-0.05, 0) is 22.0 Å². The Kier molecular flexibility index (Phi) is 2.20. The number of nitrogens with two attached hydrogens (primary N) is 1. The summed E-state index contributed by atoms with van der Waals surface area (Å²) in [4.78, 5) is 11.1. The van der Waals surface area contributed by atoms with Crippen molar-refractivity contribution in [1.82, 2.24) is 0 Å². The number of benzene rings is 1. The fourth-order valence-electron chi connectivity index (χ4n) is 1.25. The van der Waals surface area contributed by atoms with Crippen LogP contribution in [0.1, 0.15) is 9.67 Å². The molecule has 0 aliphatic carbocycles. The number of halogens is 1. The van der Waals surface area contributed by atoms with E-state index in [4.69, 9.17) is 10.8 Å². The number of hydrogen-bond acceptors (Lipinski definition) is 3. The Morgan fingerprint density at radius 3 is 2.79 bits per heavy atom. The maximum absolute atomic E-state index is 10.8. The molecule has 2 rings (SSSR count). The van der Waals surface area contributed by atoms with Gasteiger partial charge in [0.2, 0.25) is 0 Å². The molecule has 1 heterocycles. The number of nitrogen functional groups attached to an aromatic ring is 1. The van der Waals surface area contributed by atoms with E-state index in [2.05, 4.69) is 15.9 Å². The molecule has 0 aliphatic heterocycles. The van der Waals surface area contributed by atoms with E-state index in [1.54, 1.807) is 12.1 Å². The Hall–Kier alpha value is -1.07. The van der Waals surface area contributed by atoms with E-state index in [-0.39, 0.29) is 4.88 Å². The zero-order chi connectivity index (χ0) is 10.3. The summed E-state index contributed by atoms with van der Waals surface area (Å²) in [5.41, 5.74) is 6.35. The summed E-state index contributed by atoms with van der Waals surface area (Å²) in [6.45, 7) is 0. The van der Waals surface area contributed by atoms with Crippen LogP contribution in [0.4, 0.5) is 5.69 Å². The summed E-state index contributed by atoms with van der Waals surface area (Å²) in [5.74, 6) is -0.933. The van der Waals surface area contributed by atoms with Gasteiger partial charge in [0, 0.05) is 11.1 Å². The van der Waals surface area contributed by atoms with Crippen LogP contribution in [0.2, 0.25) is 0 Å². The molecule has 72 valence electrons. The van der Waals surface area contributed by atoms with Gasteiger partial charge in [-0.3, -0.25) is 0 Å². The fraction of sp³-hybridized carbons (Fsp3) is 0. The van der Waals surface area contributed by atoms with Crippen molar-refractivity contribution in [3.05, 3.63) is 27.5 Å². The molecule has 1 aromatic heterocycles. The van der Waals surface area contributed by atoms with E-state index >= 15 is 0 Å². The number of anilines is 1. The molecule has 3 nitrogen and oxygen atoms in total. The van der Waals surface area contributed by atoms with Crippen LogP contribution < -0.4 is 5.73 Å². The third kappa shape index (κ3) is 1.29. The highest BCUT2D eigenvalue weighted by atomic mass is 79.9. The molecule has 2 aromatic rings. The molecule has 0 fully saturated rings. The smallest absolute Gasteiger partial charge is 0.347 e. The largest absolute Gasteiger partial charge is 0.477 e. The third-order valence-electron chi connectivity index (χ3n) is 1.88. The van der Waals surface area contributed by atoms with Gasteiger partial charge in [0.25, 0.3) is 0 Å². The van der Waals surface area contributed by atoms with Crippen LogP contribution in [0.5, 0.6) is 0 Å². The number of rotatable bonds is 1. The number of carbonyl (C=O) groups is 1. The van der Waals surface area contributed by atoms with Crippen LogP contribution in [0.25, 0.3) is 10.1 Å². The number of fused-ring (bicyclic) bond motifs is 1. The van der Waals surface area contributed by atoms with E-state index in [1.807, 2.05) is 6.07 Å². The molecule has 5 heteroatoms. The molecule has 0 radical (unpaired) electrons. The molecule has 0 amide bonds. The molecule has 0 bridgehead atoms. The lowest BCUT2D eigenvalue weighted by Crippen LogP contribution is -1.91. The lowest BCUT2D eigenvalue weighted by atomic mass is 10.2. The third-order valence-corrected chi connectivity index (χ3v) is 4.21. The maximum Gasteiger partial charge on any atom is 0.347 e. The van der Waals surface area contributed by atoms with Crippen molar-refractivity contribution >= 4 is 49.0 Å². The Morgan fingerprint density at radius 2 is 2.21 bits per heavy atom. The standard InChI is InChI=1S/C9H6BrNO2S/c10-6-4-2-1-3-5(11)7(4)14-8(6)9(12)13/h1-3H,11H2,(H,12,13). The molecule has 0 aliphatic rings. The lowest BCUT2D eigenvalue weighted by molar-refractivity contribution is 0.0701. The number of carboxylic acids is 1. The van der Waals surface area contributed by atoms with Gasteiger partial charge < -0.3 is 10.8 Å². The molecule has 0 saturated heterocycles. The highest BCUT2D eigenvalue weighted by Crippen LogP contribution is 2.38. The summed E-state index contributed by atoms with van der Waals surface area (Å²) < 4.78 is 1.43.